The third kappa shape index (κ3) is 6.62. The van der Waals surface area contributed by atoms with Crippen LogP contribution in [0.4, 0.5) is 26.3 Å². The van der Waals surface area contributed by atoms with Gasteiger partial charge in [-0.25, -0.2) is 0 Å². The maximum Gasteiger partial charge on any atom is 0.416 e. The largest absolute Gasteiger partial charge is 0.493 e. The van der Waals surface area contributed by atoms with E-state index in [1.807, 2.05) is 0 Å². The Morgan fingerprint density at radius 2 is 1.52 bits per heavy atom. The minimum absolute atomic E-state index is 0.0162. The van der Waals surface area contributed by atoms with Crippen LogP contribution < -0.4 is 10.1 Å². The Morgan fingerprint density at radius 1 is 0.963 bits per heavy atom. The zero-order valence-electron chi connectivity index (χ0n) is 14.6. The first-order valence-corrected chi connectivity index (χ1v) is 8.77. The van der Waals surface area contributed by atoms with Gasteiger partial charge in [-0.3, -0.25) is 4.79 Å². The molecule has 9 heteroatoms. The molecule has 1 fully saturated rings. The first-order valence-electron chi connectivity index (χ1n) is 8.77. The molecule has 1 aromatic carbocycles. The summed E-state index contributed by atoms with van der Waals surface area (Å²) in [6.07, 6.45) is -4.72. The quantitative estimate of drug-likeness (QED) is 0.530. The monoisotopic (exact) mass is 397 g/mol. The second-order valence-corrected chi connectivity index (χ2v) is 6.57. The van der Waals surface area contributed by atoms with Crippen molar-refractivity contribution in [1.82, 2.24) is 5.32 Å². The van der Waals surface area contributed by atoms with Gasteiger partial charge in [0.1, 0.15) is 5.75 Å². The Labute approximate surface area is 153 Å². The van der Waals surface area contributed by atoms with Crippen molar-refractivity contribution < 1.29 is 35.9 Å². The van der Waals surface area contributed by atoms with Crippen molar-refractivity contribution >= 4 is 5.91 Å². The predicted octanol–water partition coefficient (Wildman–Crippen LogP) is 5.19. The molecule has 0 bridgehead atoms. The maximum atomic E-state index is 12.8. The van der Waals surface area contributed by atoms with E-state index < -0.39 is 29.2 Å². The first kappa shape index (κ1) is 21.4. The highest BCUT2D eigenvalue weighted by molar-refractivity contribution is 5.78. The zero-order valence-corrected chi connectivity index (χ0v) is 14.6. The van der Waals surface area contributed by atoms with Crippen molar-refractivity contribution in [3.8, 4) is 5.75 Å². The standard InChI is InChI=1S/C18H21F6NO2/c19-17(20,21)13-9-14(18(22,23)24)11-15(10-13)27-8-4-7-25-16(26)12-5-2-1-3-6-12/h9-12H,1-8H2,(H,25,26). The van der Waals surface area contributed by atoms with Crippen molar-refractivity contribution in [3.63, 3.8) is 0 Å². The van der Waals surface area contributed by atoms with Crippen molar-refractivity contribution in [2.45, 2.75) is 50.9 Å². The molecule has 1 N–H and O–H groups in total. The lowest BCUT2D eigenvalue weighted by molar-refractivity contribution is -0.143. The number of ether oxygens (including phenoxy) is 1. The molecule has 0 aliphatic heterocycles. The van der Waals surface area contributed by atoms with Crippen LogP contribution in [0, 0.1) is 5.92 Å². The van der Waals surface area contributed by atoms with Crippen LogP contribution in [0.2, 0.25) is 0 Å². The van der Waals surface area contributed by atoms with Crippen LogP contribution in [0.1, 0.15) is 49.7 Å². The molecule has 0 atom stereocenters. The number of alkyl halides is 6. The molecule has 1 aliphatic rings. The summed E-state index contributed by atoms with van der Waals surface area (Å²) in [7, 11) is 0. The minimum atomic E-state index is -4.91. The van der Waals surface area contributed by atoms with Gasteiger partial charge in [0.2, 0.25) is 5.91 Å². The number of amides is 1. The van der Waals surface area contributed by atoms with E-state index in [-0.39, 0.29) is 37.5 Å². The number of rotatable bonds is 6. The van der Waals surface area contributed by atoms with Crippen LogP contribution in [0.5, 0.6) is 5.75 Å². The van der Waals surface area contributed by atoms with Crippen molar-refractivity contribution in [2.75, 3.05) is 13.2 Å². The Kier molecular flexibility index (Phi) is 7.00. The van der Waals surface area contributed by atoms with Gasteiger partial charge in [0.05, 0.1) is 17.7 Å². The van der Waals surface area contributed by atoms with Gasteiger partial charge in [-0.05, 0) is 37.5 Å². The first-order chi connectivity index (χ1) is 12.6. The Balaban J connectivity index is 1.86. The van der Waals surface area contributed by atoms with E-state index in [4.69, 9.17) is 4.74 Å². The molecule has 0 aromatic heterocycles. The Hall–Kier alpha value is -1.93. The molecule has 1 saturated carbocycles. The van der Waals surface area contributed by atoms with E-state index in [2.05, 4.69) is 5.32 Å². The van der Waals surface area contributed by atoms with Gasteiger partial charge in [-0.15, -0.1) is 0 Å². The van der Waals surface area contributed by atoms with Crippen molar-refractivity contribution in [2.24, 2.45) is 5.92 Å². The lowest BCUT2D eigenvalue weighted by Crippen LogP contribution is -2.33. The summed E-state index contributed by atoms with van der Waals surface area (Å²) in [6, 6.07) is 1.13. The van der Waals surface area contributed by atoms with Crippen LogP contribution in [-0.2, 0) is 17.1 Å². The van der Waals surface area contributed by atoms with E-state index in [0.717, 1.165) is 32.1 Å². The highest BCUT2D eigenvalue weighted by Gasteiger charge is 2.37. The molecule has 27 heavy (non-hydrogen) atoms. The Morgan fingerprint density at radius 3 is 2.04 bits per heavy atom. The van der Waals surface area contributed by atoms with E-state index in [1.165, 1.54) is 0 Å². The van der Waals surface area contributed by atoms with Gasteiger partial charge in [0.25, 0.3) is 0 Å². The summed E-state index contributed by atoms with van der Waals surface area (Å²) in [5.74, 6) is -0.582. The van der Waals surface area contributed by atoms with Crippen LogP contribution in [0.15, 0.2) is 18.2 Å². The third-order valence-corrected chi connectivity index (χ3v) is 4.43. The van der Waals surface area contributed by atoms with Crippen molar-refractivity contribution in [3.05, 3.63) is 29.3 Å². The fourth-order valence-corrected chi connectivity index (χ4v) is 2.99. The Bertz CT molecular complexity index is 603. The fourth-order valence-electron chi connectivity index (χ4n) is 2.99. The predicted molar refractivity (Wildman–Crippen MR) is 86.1 cm³/mol. The number of benzene rings is 1. The van der Waals surface area contributed by atoms with E-state index >= 15 is 0 Å². The maximum absolute atomic E-state index is 12.8. The summed E-state index contributed by atoms with van der Waals surface area (Å²) in [5.41, 5.74) is -2.84. The number of hydrogen-bond acceptors (Lipinski definition) is 2. The number of halogens is 6. The van der Waals surface area contributed by atoms with Crippen LogP contribution in [-0.4, -0.2) is 19.1 Å². The highest BCUT2D eigenvalue weighted by atomic mass is 19.4. The molecule has 1 aromatic rings. The fraction of sp³-hybridized carbons (Fsp3) is 0.611. The molecule has 2 rings (SSSR count). The molecular formula is C18H21F6NO2. The van der Waals surface area contributed by atoms with Gasteiger partial charge in [0.15, 0.2) is 0 Å². The molecule has 152 valence electrons. The summed E-state index contributed by atoms with van der Waals surface area (Å²) in [6.45, 7) is 0.143. The van der Waals surface area contributed by atoms with Crippen molar-refractivity contribution in [1.29, 1.82) is 0 Å². The molecule has 1 amide bonds. The van der Waals surface area contributed by atoms with E-state index in [9.17, 15) is 31.1 Å². The normalized spacial score (nSPS) is 16.2. The van der Waals surface area contributed by atoms with Gasteiger partial charge < -0.3 is 10.1 Å². The number of hydrogen-bond donors (Lipinski definition) is 1. The summed E-state index contributed by atoms with van der Waals surface area (Å²) >= 11 is 0. The molecule has 0 unspecified atom stereocenters. The lowest BCUT2D eigenvalue weighted by atomic mass is 9.89. The number of carbonyl (C=O) groups is 1. The van der Waals surface area contributed by atoms with Crippen LogP contribution >= 0.6 is 0 Å². The molecule has 0 spiro atoms. The number of carbonyl (C=O) groups excluding carboxylic acids is 1. The second kappa shape index (κ2) is 8.84. The van der Waals surface area contributed by atoms with Crippen LogP contribution in [0.25, 0.3) is 0 Å². The van der Waals surface area contributed by atoms with Crippen LogP contribution in [0.3, 0.4) is 0 Å². The number of nitrogens with one attached hydrogen (secondary N) is 1. The molecule has 0 heterocycles. The lowest BCUT2D eigenvalue weighted by Gasteiger charge is -2.20. The summed E-state index contributed by atoms with van der Waals surface area (Å²) < 4.78 is 81.7. The average Bonchev–Trinajstić information content (AvgIpc) is 2.60. The van der Waals surface area contributed by atoms with E-state index in [1.54, 1.807) is 0 Å². The SMILES string of the molecule is O=C(NCCCOc1cc(C(F)(F)F)cc(C(F)(F)F)c1)C1CCCCC1. The summed E-state index contributed by atoms with van der Waals surface area (Å²) in [5, 5.41) is 2.73. The minimum Gasteiger partial charge on any atom is -0.493 e. The topological polar surface area (TPSA) is 38.3 Å². The average molecular weight is 397 g/mol. The highest BCUT2D eigenvalue weighted by Crippen LogP contribution is 2.38. The second-order valence-electron chi connectivity index (χ2n) is 6.57. The van der Waals surface area contributed by atoms with Gasteiger partial charge >= 0.3 is 12.4 Å². The van der Waals surface area contributed by atoms with Gasteiger partial charge in [0, 0.05) is 12.5 Å². The molecule has 1 aliphatic carbocycles. The van der Waals surface area contributed by atoms with E-state index in [0.29, 0.717) is 12.1 Å². The van der Waals surface area contributed by atoms with Gasteiger partial charge in [-0.1, -0.05) is 19.3 Å². The zero-order chi connectivity index (χ0) is 20.1. The molecule has 0 radical (unpaired) electrons. The molecule has 0 saturated heterocycles. The molecular weight excluding hydrogens is 376 g/mol. The summed E-state index contributed by atoms with van der Waals surface area (Å²) in [4.78, 5) is 11.9. The smallest absolute Gasteiger partial charge is 0.416 e. The third-order valence-electron chi connectivity index (χ3n) is 4.43. The molecule has 3 nitrogen and oxygen atoms in total. The van der Waals surface area contributed by atoms with Gasteiger partial charge in [-0.2, -0.15) is 26.3 Å².